The molecule has 0 fully saturated rings. The van der Waals surface area contributed by atoms with E-state index in [1.54, 1.807) is 0 Å². The van der Waals surface area contributed by atoms with Crippen LogP contribution in [0.2, 0.25) is 0 Å². The molecular formula is C11H18N5O5P. The van der Waals surface area contributed by atoms with Crippen LogP contribution in [0.25, 0.3) is 11.2 Å². The number of rotatable bonds is 8. The molecule has 0 saturated heterocycles. The number of fused-ring (bicyclic) bond motifs is 1. The number of ether oxygens (including phenoxy) is 2. The lowest BCUT2D eigenvalue weighted by atomic mass is 10.5. The van der Waals surface area contributed by atoms with E-state index in [1.807, 2.05) is 0 Å². The van der Waals surface area contributed by atoms with E-state index in [1.165, 1.54) is 21.3 Å². The van der Waals surface area contributed by atoms with Gasteiger partial charge in [-0.05, 0) is 6.42 Å². The second kappa shape index (κ2) is 6.91. The van der Waals surface area contributed by atoms with Crippen LogP contribution >= 0.6 is 7.60 Å². The number of anilines is 1. The van der Waals surface area contributed by atoms with Crippen LogP contribution in [0, 0.1) is 0 Å². The third-order valence-corrected chi connectivity index (χ3v) is 4.87. The van der Waals surface area contributed by atoms with Crippen LogP contribution in [-0.2, 0) is 13.6 Å². The van der Waals surface area contributed by atoms with Gasteiger partial charge in [0.15, 0.2) is 11.5 Å². The van der Waals surface area contributed by atoms with Gasteiger partial charge in [0.05, 0.1) is 19.9 Å². The monoisotopic (exact) mass is 331 g/mol. The maximum Gasteiger partial charge on any atom is 0.330 e. The molecule has 10 nitrogen and oxygen atoms in total. The van der Waals surface area contributed by atoms with Crippen LogP contribution in [0.3, 0.4) is 0 Å². The largest absolute Gasteiger partial charge is 0.468 e. The third kappa shape index (κ3) is 3.65. The lowest BCUT2D eigenvalue weighted by molar-refractivity contribution is 0.262. The summed E-state index contributed by atoms with van der Waals surface area (Å²) in [6.07, 6.45) is 0.679. The van der Waals surface area contributed by atoms with E-state index < -0.39 is 7.60 Å². The van der Waals surface area contributed by atoms with Crippen molar-refractivity contribution in [1.29, 1.82) is 0 Å². The highest BCUT2D eigenvalue weighted by atomic mass is 31.2. The Balaban J connectivity index is 1.99. The molecule has 0 radical (unpaired) electrons. The zero-order valence-electron chi connectivity index (χ0n) is 12.5. The molecule has 2 heterocycles. The van der Waals surface area contributed by atoms with Crippen molar-refractivity contribution in [2.24, 2.45) is 0 Å². The fraction of sp³-hybridized carbons (Fsp3) is 0.545. The molecule has 0 aliphatic heterocycles. The zero-order valence-corrected chi connectivity index (χ0v) is 13.4. The van der Waals surface area contributed by atoms with Crippen LogP contribution in [0.5, 0.6) is 12.0 Å². The van der Waals surface area contributed by atoms with Gasteiger partial charge >= 0.3 is 13.6 Å². The van der Waals surface area contributed by atoms with Crippen molar-refractivity contribution in [1.82, 2.24) is 19.9 Å². The third-order valence-electron chi connectivity index (χ3n) is 2.89. The van der Waals surface area contributed by atoms with Crippen molar-refractivity contribution in [3.8, 4) is 12.0 Å². The molecule has 2 aromatic heterocycles. The normalized spacial score (nSPS) is 11.8. The van der Waals surface area contributed by atoms with E-state index in [9.17, 15) is 4.57 Å². The summed E-state index contributed by atoms with van der Waals surface area (Å²) in [5, 5.41) is 0. The van der Waals surface area contributed by atoms with Crippen molar-refractivity contribution < 1.29 is 23.1 Å². The van der Waals surface area contributed by atoms with Crippen LogP contribution in [0.4, 0.5) is 5.82 Å². The standard InChI is InChI=1S/C11H18N5O5P/c1-18-10-13-7-8(12)14-11(16-9(7)15-10)21-5-4-6-22(17,19-2)20-3/h4-6H2,1-3H3,(H3,12,13,14,15,16). The lowest BCUT2D eigenvalue weighted by Crippen LogP contribution is -2.06. The molecular weight excluding hydrogens is 313 g/mol. The number of aromatic amines is 1. The van der Waals surface area contributed by atoms with Crippen molar-refractivity contribution >= 4 is 24.6 Å². The van der Waals surface area contributed by atoms with E-state index in [2.05, 4.69) is 19.9 Å². The van der Waals surface area contributed by atoms with Gasteiger partial charge in [-0.1, -0.05) is 0 Å². The van der Waals surface area contributed by atoms with Gasteiger partial charge in [0.25, 0.3) is 6.01 Å². The molecule has 0 aliphatic rings. The van der Waals surface area contributed by atoms with Gasteiger partial charge in [-0.2, -0.15) is 15.0 Å². The van der Waals surface area contributed by atoms with E-state index in [4.69, 9.17) is 24.3 Å². The first-order chi connectivity index (χ1) is 10.5. The number of hydrogen-bond donors (Lipinski definition) is 2. The van der Waals surface area contributed by atoms with Gasteiger partial charge < -0.3 is 29.2 Å². The van der Waals surface area contributed by atoms with Gasteiger partial charge in [0.2, 0.25) is 0 Å². The summed E-state index contributed by atoms with van der Waals surface area (Å²) in [6, 6.07) is 0.373. The second-order valence-corrected chi connectivity index (χ2v) is 6.64. The Morgan fingerprint density at radius 1 is 1.18 bits per heavy atom. The van der Waals surface area contributed by atoms with E-state index >= 15 is 0 Å². The van der Waals surface area contributed by atoms with Crippen LogP contribution in [0.15, 0.2) is 0 Å². The molecule has 0 saturated carbocycles. The number of methoxy groups -OCH3 is 1. The fourth-order valence-electron chi connectivity index (χ4n) is 1.72. The van der Waals surface area contributed by atoms with Gasteiger partial charge in [-0.15, -0.1) is 0 Å². The summed E-state index contributed by atoms with van der Waals surface area (Å²) in [6.45, 7) is 0.239. The van der Waals surface area contributed by atoms with Crippen LogP contribution in [-0.4, -0.2) is 54.0 Å². The molecule has 0 bridgehead atoms. The molecule has 3 N–H and O–H groups in total. The quantitative estimate of drug-likeness (QED) is 0.540. The number of nitrogens with zero attached hydrogens (tertiary/aromatic N) is 3. The predicted molar refractivity (Wildman–Crippen MR) is 79.3 cm³/mol. The molecule has 11 heteroatoms. The Labute approximate surface area is 126 Å². The van der Waals surface area contributed by atoms with Crippen molar-refractivity contribution in [2.45, 2.75) is 6.42 Å². The molecule has 0 atom stereocenters. The van der Waals surface area contributed by atoms with Crippen molar-refractivity contribution in [3.63, 3.8) is 0 Å². The summed E-state index contributed by atoms with van der Waals surface area (Å²) >= 11 is 0. The lowest BCUT2D eigenvalue weighted by Gasteiger charge is -2.13. The van der Waals surface area contributed by atoms with Gasteiger partial charge in [-0.3, -0.25) is 4.57 Å². The Kier molecular flexibility index (Phi) is 5.17. The topological polar surface area (TPSA) is 134 Å². The predicted octanol–water partition coefficient (Wildman–Crippen LogP) is 1.20. The molecule has 0 spiro atoms. The van der Waals surface area contributed by atoms with Gasteiger partial charge in [0.1, 0.15) is 5.52 Å². The average molecular weight is 331 g/mol. The summed E-state index contributed by atoms with van der Waals surface area (Å²) in [7, 11) is 1.13. The minimum atomic E-state index is -3.03. The SMILES string of the molecule is COc1nc2nc(OCCCP(=O)(OC)OC)nc(N)c2[nH]1. The van der Waals surface area contributed by atoms with Crippen molar-refractivity contribution in [2.75, 3.05) is 39.8 Å². The number of nitrogen functional groups attached to an aromatic ring is 1. The molecule has 122 valence electrons. The maximum atomic E-state index is 11.8. The first kappa shape index (κ1) is 16.5. The van der Waals surface area contributed by atoms with Gasteiger partial charge in [-0.25, -0.2) is 0 Å². The molecule has 0 aliphatic carbocycles. The van der Waals surface area contributed by atoms with Crippen molar-refractivity contribution in [3.05, 3.63) is 0 Å². The number of nitrogens with one attached hydrogen (secondary N) is 1. The Morgan fingerprint density at radius 3 is 2.55 bits per heavy atom. The van der Waals surface area contributed by atoms with Crippen LogP contribution < -0.4 is 15.2 Å². The number of aromatic nitrogens is 4. The first-order valence-electron chi connectivity index (χ1n) is 6.42. The smallest absolute Gasteiger partial charge is 0.330 e. The fourth-order valence-corrected chi connectivity index (χ4v) is 2.75. The number of hydrogen-bond acceptors (Lipinski definition) is 9. The first-order valence-corrected chi connectivity index (χ1v) is 8.14. The molecule has 22 heavy (non-hydrogen) atoms. The zero-order chi connectivity index (χ0) is 16.2. The molecule has 2 aromatic rings. The van der Waals surface area contributed by atoms with E-state index in [-0.39, 0.29) is 30.6 Å². The van der Waals surface area contributed by atoms with E-state index in [0.717, 1.165) is 0 Å². The van der Waals surface area contributed by atoms with E-state index in [0.29, 0.717) is 17.6 Å². The summed E-state index contributed by atoms with van der Waals surface area (Å²) in [5.41, 5.74) is 6.62. The summed E-state index contributed by atoms with van der Waals surface area (Å²) < 4.78 is 31.9. The summed E-state index contributed by atoms with van der Waals surface area (Å²) in [4.78, 5) is 15.0. The number of nitrogens with two attached hydrogens (primary N) is 1. The molecule has 0 aromatic carbocycles. The average Bonchev–Trinajstić information content (AvgIpc) is 2.95. The minimum Gasteiger partial charge on any atom is -0.468 e. The highest BCUT2D eigenvalue weighted by molar-refractivity contribution is 7.53. The second-order valence-electron chi connectivity index (χ2n) is 4.24. The highest BCUT2D eigenvalue weighted by Crippen LogP contribution is 2.46. The summed E-state index contributed by atoms with van der Waals surface area (Å²) in [5.74, 6) is 0.204. The maximum absolute atomic E-state index is 11.8. The minimum absolute atomic E-state index is 0.0869. The number of H-pyrrole nitrogens is 1. The van der Waals surface area contributed by atoms with Crippen LogP contribution in [0.1, 0.15) is 6.42 Å². The number of imidazole rings is 1. The molecule has 0 unspecified atom stereocenters. The molecule has 0 amide bonds. The molecule has 2 rings (SSSR count). The Bertz CT molecular complexity index is 683. The Hall–Kier alpha value is -1.90. The van der Waals surface area contributed by atoms with Gasteiger partial charge in [0, 0.05) is 14.2 Å². The Morgan fingerprint density at radius 2 is 1.91 bits per heavy atom. The highest BCUT2D eigenvalue weighted by Gasteiger charge is 2.20.